The Bertz CT molecular complexity index is 389. The largest absolute Gasteiger partial charge is 0.469 e. The van der Waals surface area contributed by atoms with Crippen molar-refractivity contribution in [3.05, 3.63) is 24.2 Å². The molecule has 0 N–H and O–H groups in total. The number of likely N-dealkylation sites (tertiary alicyclic amines) is 1. The zero-order chi connectivity index (χ0) is 11.4. The Labute approximate surface area is 95.4 Å². The van der Waals surface area contributed by atoms with Gasteiger partial charge in [-0.2, -0.15) is 0 Å². The minimum absolute atomic E-state index is 0.108. The summed E-state index contributed by atoms with van der Waals surface area (Å²) in [6, 6.07) is 3.83. The maximum absolute atomic E-state index is 11.5. The van der Waals surface area contributed by atoms with Crippen LogP contribution in [-0.2, 0) is 11.2 Å². The molecule has 0 spiro atoms. The molecule has 3 nitrogen and oxygen atoms in total. The first-order chi connectivity index (χ1) is 7.79. The van der Waals surface area contributed by atoms with Crippen molar-refractivity contribution in [3.63, 3.8) is 0 Å². The number of rotatable bonds is 4. The van der Waals surface area contributed by atoms with Gasteiger partial charge >= 0.3 is 0 Å². The third-order valence-electron chi connectivity index (χ3n) is 2.88. The fraction of sp³-hybridized carbons (Fsp3) is 0.462. The van der Waals surface area contributed by atoms with Crippen LogP contribution in [0.15, 0.2) is 22.8 Å². The summed E-state index contributed by atoms with van der Waals surface area (Å²) in [5, 5.41) is 0. The van der Waals surface area contributed by atoms with Crippen molar-refractivity contribution in [2.24, 2.45) is 5.92 Å². The van der Waals surface area contributed by atoms with Crippen molar-refractivity contribution >= 4 is 5.91 Å². The third-order valence-corrected chi connectivity index (χ3v) is 2.88. The summed E-state index contributed by atoms with van der Waals surface area (Å²) in [4.78, 5) is 13.4. The zero-order valence-corrected chi connectivity index (χ0v) is 9.19. The first-order valence-corrected chi connectivity index (χ1v) is 5.56. The average Bonchev–Trinajstić information content (AvgIpc) is 2.89. The van der Waals surface area contributed by atoms with Crippen LogP contribution in [0.25, 0.3) is 0 Å². The number of carbonyl (C=O) groups is 1. The quantitative estimate of drug-likeness (QED) is 0.719. The normalized spacial score (nSPS) is 20.1. The molecule has 0 aromatic carbocycles. The van der Waals surface area contributed by atoms with Crippen LogP contribution in [0.4, 0.5) is 0 Å². The first-order valence-electron chi connectivity index (χ1n) is 5.56. The van der Waals surface area contributed by atoms with E-state index in [1.54, 1.807) is 6.26 Å². The van der Waals surface area contributed by atoms with E-state index in [9.17, 15) is 4.79 Å². The van der Waals surface area contributed by atoms with Gasteiger partial charge in [0, 0.05) is 31.8 Å². The molecule has 16 heavy (non-hydrogen) atoms. The van der Waals surface area contributed by atoms with Gasteiger partial charge in [-0.1, -0.05) is 0 Å². The lowest BCUT2D eigenvalue weighted by Gasteiger charge is -2.14. The molecule has 1 saturated heterocycles. The molecule has 1 aliphatic heterocycles. The van der Waals surface area contributed by atoms with E-state index in [-0.39, 0.29) is 11.8 Å². The smallest absolute Gasteiger partial charge is 0.223 e. The number of nitrogens with zero attached hydrogens (tertiary/aromatic N) is 1. The summed E-state index contributed by atoms with van der Waals surface area (Å²) < 4.78 is 5.23. The maximum atomic E-state index is 11.5. The van der Waals surface area contributed by atoms with Gasteiger partial charge in [0.1, 0.15) is 5.76 Å². The van der Waals surface area contributed by atoms with Gasteiger partial charge in [-0.3, -0.25) is 4.79 Å². The van der Waals surface area contributed by atoms with Crippen LogP contribution >= 0.6 is 0 Å². The van der Waals surface area contributed by atoms with E-state index in [0.717, 1.165) is 25.1 Å². The second-order valence-electron chi connectivity index (χ2n) is 4.09. The second kappa shape index (κ2) is 4.89. The Hall–Kier alpha value is -1.69. The predicted molar refractivity (Wildman–Crippen MR) is 60.5 cm³/mol. The van der Waals surface area contributed by atoms with Crippen molar-refractivity contribution in [2.75, 3.05) is 13.1 Å². The average molecular weight is 217 g/mol. The van der Waals surface area contributed by atoms with Gasteiger partial charge in [0.15, 0.2) is 0 Å². The Morgan fingerprint density at radius 2 is 2.50 bits per heavy atom. The van der Waals surface area contributed by atoms with Crippen LogP contribution in [0.3, 0.4) is 0 Å². The van der Waals surface area contributed by atoms with Crippen molar-refractivity contribution in [2.45, 2.75) is 19.3 Å². The molecule has 1 aliphatic rings. The highest BCUT2D eigenvalue weighted by Gasteiger charge is 2.27. The fourth-order valence-corrected chi connectivity index (χ4v) is 2.00. The SMILES string of the molecule is C#CC1CC(=O)N(CCCc2ccco2)C1. The van der Waals surface area contributed by atoms with Gasteiger partial charge < -0.3 is 9.32 Å². The number of hydrogen-bond donors (Lipinski definition) is 0. The Morgan fingerprint density at radius 3 is 3.12 bits per heavy atom. The van der Waals surface area contributed by atoms with E-state index in [2.05, 4.69) is 5.92 Å². The molecular weight excluding hydrogens is 202 g/mol. The van der Waals surface area contributed by atoms with Crippen LogP contribution < -0.4 is 0 Å². The van der Waals surface area contributed by atoms with Gasteiger partial charge in [-0.25, -0.2) is 0 Å². The molecule has 1 atom stereocenters. The van der Waals surface area contributed by atoms with Gasteiger partial charge in [-0.15, -0.1) is 12.3 Å². The molecule has 2 rings (SSSR count). The summed E-state index contributed by atoms with van der Waals surface area (Å²) in [5.41, 5.74) is 0. The highest BCUT2D eigenvalue weighted by molar-refractivity contribution is 5.79. The molecular formula is C13H15NO2. The van der Waals surface area contributed by atoms with Crippen molar-refractivity contribution in [1.29, 1.82) is 0 Å². The predicted octanol–water partition coefficient (Wildman–Crippen LogP) is 1.69. The molecule has 84 valence electrons. The van der Waals surface area contributed by atoms with E-state index in [4.69, 9.17) is 10.8 Å². The number of aryl methyl sites for hydroxylation is 1. The standard InChI is InChI=1S/C13H15NO2/c1-2-11-9-13(15)14(10-11)7-3-5-12-6-4-8-16-12/h1,4,6,8,11H,3,5,7,9-10H2. The molecule has 3 heteroatoms. The Morgan fingerprint density at radius 1 is 1.62 bits per heavy atom. The summed E-state index contributed by atoms with van der Waals surface area (Å²) in [6.45, 7) is 1.49. The molecule has 0 aliphatic carbocycles. The molecule has 0 saturated carbocycles. The monoisotopic (exact) mass is 217 g/mol. The third kappa shape index (κ3) is 2.46. The molecule has 2 heterocycles. The van der Waals surface area contributed by atoms with E-state index in [1.807, 2.05) is 17.0 Å². The van der Waals surface area contributed by atoms with Crippen LogP contribution in [-0.4, -0.2) is 23.9 Å². The highest BCUT2D eigenvalue weighted by atomic mass is 16.3. The summed E-state index contributed by atoms with van der Waals surface area (Å²) in [6.07, 6.45) is 9.30. The van der Waals surface area contributed by atoms with E-state index in [1.165, 1.54) is 0 Å². The number of furan rings is 1. The van der Waals surface area contributed by atoms with Crippen LogP contribution in [0.2, 0.25) is 0 Å². The molecule has 1 fully saturated rings. The molecule has 1 amide bonds. The molecule has 0 bridgehead atoms. The van der Waals surface area contributed by atoms with Crippen LogP contribution in [0.1, 0.15) is 18.6 Å². The fourth-order valence-electron chi connectivity index (χ4n) is 2.00. The minimum Gasteiger partial charge on any atom is -0.469 e. The van der Waals surface area contributed by atoms with E-state index < -0.39 is 0 Å². The van der Waals surface area contributed by atoms with Crippen LogP contribution in [0.5, 0.6) is 0 Å². The lowest BCUT2D eigenvalue weighted by molar-refractivity contribution is -0.127. The topological polar surface area (TPSA) is 33.5 Å². The number of amides is 1. The van der Waals surface area contributed by atoms with Gasteiger partial charge in [0.2, 0.25) is 5.91 Å². The maximum Gasteiger partial charge on any atom is 0.223 e. The first kappa shape index (κ1) is 10.8. The van der Waals surface area contributed by atoms with E-state index >= 15 is 0 Å². The van der Waals surface area contributed by atoms with Gasteiger partial charge in [0.05, 0.1) is 6.26 Å². The van der Waals surface area contributed by atoms with Gasteiger partial charge in [0.25, 0.3) is 0 Å². The van der Waals surface area contributed by atoms with Crippen molar-refractivity contribution in [3.8, 4) is 12.3 Å². The molecule has 1 unspecified atom stereocenters. The number of terminal acetylenes is 1. The Kier molecular flexibility index (Phi) is 3.31. The molecule has 1 aromatic heterocycles. The minimum atomic E-state index is 0.108. The number of hydrogen-bond acceptors (Lipinski definition) is 2. The summed E-state index contributed by atoms with van der Waals surface area (Å²) >= 11 is 0. The van der Waals surface area contributed by atoms with Crippen molar-refractivity contribution in [1.82, 2.24) is 4.90 Å². The van der Waals surface area contributed by atoms with Gasteiger partial charge in [-0.05, 0) is 18.6 Å². The molecule has 1 aromatic rings. The highest BCUT2D eigenvalue weighted by Crippen LogP contribution is 2.17. The zero-order valence-electron chi connectivity index (χ0n) is 9.19. The van der Waals surface area contributed by atoms with Crippen LogP contribution in [0, 0.1) is 18.3 Å². The van der Waals surface area contributed by atoms with E-state index in [0.29, 0.717) is 13.0 Å². The molecule has 0 radical (unpaired) electrons. The number of carbonyl (C=O) groups excluding carboxylic acids is 1. The Balaban J connectivity index is 1.75. The van der Waals surface area contributed by atoms with Crippen molar-refractivity contribution < 1.29 is 9.21 Å². The lowest BCUT2D eigenvalue weighted by Crippen LogP contribution is -2.26. The summed E-state index contributed by atoms with van der Waals surface area (Å²) in [5.74, 6) is 3.91. The lowest BCUT2D eigenvalue weighted by atomic mass is 10.1. The second-order valence-corrected chi connectivity index (χ2v) is 4.09. The summed E-state index contributed by atoms with van der Waals surface area (Å²) in [7, 11) is 0.